The molecule has 2 amide bonds. The molecule has 0 bridgehead atoms. The average Bonchev–Trinajstić information content (AvgIpc) is 2.52. The normalized spacial score (nSPS) is 26.8. The fourth-order valence-electron chi connectivity index (χ4n) is 2.28. The molecule has 1 saturated heterocycles. The molecular weight excluding hydrogens is 294 g/mol. The molecule has 1 aliphatic heterocycles. The minimum Gasteiger partial charge on any atom is -0.354 e. The van der Waals surface area contributed by atoms with Gasteiger partial charge in [0, 0.05) is 13.6 Å². The lowest BCUT2D eigenvalue weighted by Gasteiger charge is -2.37. The Morgan fingerprint density at radius 3 is 2.45 bits per heavy atom. The van der Waals surface area contributed by atoms with Crippen molar-refractivity contribution in [2.45, 2.75) is 30.9 Å². The first-order valence-corrected chi connectivity index (χ1v) is 9.60. The Labute approximate surface area is 128 Å². The highest BCUT2D eigenvalue weighted by atomic mass is 32.3. The summed E-state index contributed by atoms with van der Waals surface area (Å²) in [6, 6.07) is 0. The highest BCUT2D eigenvalue weighted by Crippen LogP contribution is 2.60. The third-order valence-corrected chi connectivity index (χ3v) is 9.12. The van der Waals surface area contributed by atoms with Crippen molar-refractivity contribution in [3.63, 3.8) is 0 Å². The van der Waals surface area contributed by atoms with Gasteiger partial charge in [-0.2, -0.15) is 10.0 Å². The number of thiocarbonyl (C=S) groups is 1. The Morgan fingerprint density at radius 1 is 1.40 bits per heavy atom. The quantitative estimate of drug-likeness (QED) is 0.432. The average molecular weight is 319 g/mol. The van der Waals surface area contributed by atoms with E-state index < -0.39 is 14.8 Å². The summed E-state index contributed by atoms with van der Waals surface area (Å²) < 4.78 is -0.449. The molecule has 0 aromatic rings. The highest BCUT2D eigenvalue weighted by Gasteiger charge is 2.60. The smallest absolute Gasteiger partial charge is 0.252 e. The van der Waals surface area contributed by atoms with Crippen molar-refractivity contribution >= 4 is 38.4 Å². The van der Waals surface area contributed by atoms with Crippen molar-refractivity contribution in [1.82, 2.24) is 10.2 Å². The van der Waals surface area contributed by atoms with Crippen molar-refractivity contribution in [3.05, 3.63) is 0 Å². The van der Waals surface area contributed by atoms with Crippen LogP contribution in [0.15, 0.2) is 0 Å². The van der Waals surface area contributed by atoms with Gasteiger partial charge in [-0.1, -0.05) is 18.6 Å². The van der Waals surface area contributed by atoms with Gasteiger partial charge in [0.15, 0.2) is 4.75 Å². The lowest BCUT2D eigenvalue weighted by Crippen LogP contribution is -2.51. The zero-order chi connectivity index (χ0) is 15.6. The van der Waals surface area contributed by atoms with Crippen LogP contribution in [0.25, 0.3) is 0 Å². The van der Waals surface area contributed by atoms with Gasteiger partial charge in [-0.05, 0) is 38.8 Å². The third-order valence-electron chi connectivity index (χ3n) is 4.04. The minimum absolute atomic E-state index is 0.193. The molecule has 5 nitrogen and oxygen atoms in total. The van der Waals surface area contributed by atoms with Crippen LogP contribution in [0, 0.1) is 0 Å². The molecule has 1 aliphatic rings. The van der Waals surface area contributed by atoms with Gasteiger partial charge in [0.25, 0.3) is 5.91 Å². The van der Waals surface area contributed by atoms with Gasteiger partial charge in [-0.25, -0.2) is 0 Å². The van der Waals surface area contributed by atoms with Crippen LogP contribution < -0.4 is 11.1 Å². The van der Waals surface area contributed by atoms with E-state index in [9.17, 15) is 9.59 Å². The standard InChI is InChI=1S/C13H25N3O2S2/c1-13(10(17)15-9-7-5-6-8-14)11(18)16(2)12(19)20(13,3)4/h5-9,14H2,1-4H3,(H,15,17). The maximum Gasteiger partial charge on any atom is 0.252 e. The molecule has 1 unspecified atom stereocenters. The lowest BCUT2D eigenvalue weighted by molar-refractivity contribution is -0.135. The first kappa shape index (κ1) is 17.4. The maximum absolute atomic E-state index is 12.5. The van der Waals surface area contributed by atoms with Crippen LogP contribution in [-0.2, 0) is 9.59 Å². The van der Waals surface area contributed by atoms with Crippen molar-refractivity contribution in [2.24, 2.45) is 5.73 Å². The summed E-state index contributed by atoms with van der Waals surface area (Å²) in [6.07, 6.45) is 6.68. The number of nitrogens with one attached hydrogen (secondary N) is 1. The number of unbranched alkanes of at least 4 members (excludes halogenated alkanes) is 2. The van der Waals surface area contributed by atoms with Crippen LogP contribution in [0.5, 0.6) is 0 Å². The number of hydrogen-bond donors (Lipinski definition) is 2. The summed E-state index contributed by atoms with van der Waals surface area (Å²) in [5.74, 6) is -0.399. The second kappa shape index (κ2) is 6.41. The number of amides is 2. The minimum atomic E-state index is -1.63. The molecular formula is C13H25N3O2S2. The Bertz CT molecular complexity index is 426. The Morgan fingerprint density at radius 2 is 2.00 bits per heavy atom. The molecule has 1 heterocycles. The zero-order valence-electron chi connectivity index (χ0n) is 12.7. The number of hydrogen-bond acceptors (Lipinski definition) is 4. The van der Waals surface area contributed by atoms with Crippen molar-refractivity contribution in [3.8, 4) is 0 Å². The molecule has 0 saturated carbocycles. The molecule has 1 fully saturated rings. The molecule has 116 valence electrons. The summed E-state index contributed by atoms with van der Waals surface area (Å²) in [5, 5.41) is 2.89. The van der Waals surface area contributed by atoms with E-state index in [1.54, 1.807) is 14.0 Å². The molecule has 20 heavy (non-hydrogen) atoms. The van der Waals surface area contributed by atoms with Gasteiger partial charge in [-0.15, -0.1) is 0 Å². The monoisotopic (exact) mass is 319 g/mol. The van der Waals surface area contributed by atoms with Gasteiger partial charge in [-0.3, -0.25) is 9.59 Å². The van der Waals surface area contributed by atoms with Crippen molar-refractivity contribution < 1.29 is 9.59 Å². The second-order valence-corrected chi connectivity index (χ2v) is 10.1. The van der Waals surface area contributed by atoms with Gasteiger partial charge < -0.3 is 16.0 Å². The Balaban J connectivity index is 2.75. The summed E-state index contributed by atoms with van der Waals surface area (Å²) in [6.45, 7) is 2.96. The first-order valence-electron chi connectivity index (χ1n) is 6.74. The largest absolute Gasteiger partial charge is 0.354 e. The predicted octanol–water partition coefficient (Wildman–Crippen LogP) is 0.811. The van der Waals surface area contributed by atoms with Gasteiger partial charge in [0.05, 0.1) is 0 Å². The third kappa shape index (κ3) is 2.71. The predicted molar refractivity (Wildman–Crippen MR) is 89.1 cm³/mol. The fourth-order valence-corrected chi connectivity index (χ4v) is 5.09. The first-order chi connectivity index (χ1) is 9.21. The van der Waals surface area contributed by atoms with E-state index >= 15 is 0 Å². The van der Waals surface area contributed by atoms with Crippen LogP contribution in [0.3, 0.4) is 0 Å². The molecule has 1 rings (SSSR count). The van der Waals surface area contributed by atoms with Crippen molar-refractivity contribution in [2.75, 3.05) is 32.6 Å². The Hall–Kier alpha value is -0.660. The van der Waals surface area contributed by atoms with E-state index in [2.05, 4.69) is 5.32 Å². The van der Waals surface area contributed by atoms with E-state index in [-0.39, 0.29) is 11.8 Å². The van der Waals surface area contributed by atoms with Crippen molar-refractivity contribution in [1.29, 1.82) is 0 Å². The van der Waals surface area contributed by atoms with E-state index in [0.29, 0.717) is 17.4 Å². The van der Waals surface area contributed by atoms with E-state index in [1.165, 1.54) is 4.90 Å². The molecule has 0 aromatic heterocycles. The second-order valence-electron chi connectivity index (χ2n) is 5.60. The summed E-state index contributed by atoms with van der Waals surface area (Å²) in [4.78, 5) is 26.4. The van der Waals surface area contributed by atoms with Crippen LogP contribution in [0.1, 0.15) is 26.2 Å². The lowest BCUT2D eigenvalue weighted by atomic mass is 10.1. The number of rotatable bonds is 6. The number of nitrogens with zero attached hydrogens (tertiary/aromatic N) is 1. The Kier molecular flexibility index (Phi) is 5.57. The topological polar surface area (TPSA) is 75.4 Å². The maximum atomic E-state index is 12.5. The van der Waals surface area contributed by atoms with Gasteiger partial charge in [0.1, 0.15) is 4.32 Å². The molecule has 3 N–H and O–H groups in total. The number of carbonyl (C=O) groups is 2. The van der Waals surface area contributed by atoms with E-state index in [0.717, 1.165) is 19.3 Å². The van der Waals surface area contributed by atoms with Crippen LogP contribution >= 0.6 is 22.2 Å². The molecule has 0 aliphatic carbocycles. The summed E-state index contributed by atoms with van der Waals surface area (Å²) in [7, 11) is 0.0175. The van der Waals surface area contributed by atoms with Gasteiger partial charge in [0.2, 0.25) is 5.91 Å². The molecule has 0 radical (unpaired) electrons. The fraction of sp³-hybridized carbons (Fsp3) is 0.769. The summed E-state index contributed by atoms with van der Waals surface area (Å²) >= 11 is 5.34. The molecule has 1 atom stereocenters. The van der Waals surface area contributed by atoms with Crippen LogP contribution in [0.2, 0.25) is 0 Å². The number of carbonyl (C=O) groups excluding carboxylic acids is 2. The molecule has 0 spiro atoms. The summed E-state index contributed by atoms with van der Waals surface area (Å²) in [5.41, 5.74) is 5.43. The zero-order valence-corrected chi connectivity index (χ0v) is 14.3. The molecule has 7 heteroatoms. The number of nitrogens with two attached hydrogens (primary N) is 1. The highest BCUT2D eigenvalue weighted by molar-refractivity contribution is 8.51. The van der Waals surface area contributed by atoms with Crippen LogP contribution in [-0.4, -0.2) is 58.4 Å². The SMILES string of the molecule is CN1C(=O)C(C)(C(=O)NCCCCCN)S(C)(C)C1=S. The van der Waals surface area contributed by atoms with Crippen LogP contribution in [0.4, 0.5) is 0 Å². The van der Waals surface area contributed by atoms with E-state index in [1.807, 2.05) is 12.5 Å². The van der Waals surface area contributed by atoms with Gasteiger partial charge >= 0.3 is 0 Å². The van der Waals surface area contributed by atoms with E-state index in [4.69, 9.17) is 18.0 Å². The molecule has 0 aromatic carbocycles.